The molecule has 1 aromatic rings. The van der Waals surface area contributed by atoms with Gasteiger partial charge in [0.15, 0.2) is 0 Å². The first-order valence-electron chi connectivity index (χ1n) is 7.39. The Labute approximate surface area is 147 Å². The van der Waals surface area contributed by atoms with Crippen LogP contribution in [0.25, 0.3) is 0 Å². The summed E-state index contributed by atoms with van der Waals surface area (Å²) in [7, 11) is 0. The summed E-state index contributed by atoms with van der Waals surface area (Å²) in [4.78, 5) is 12.7. The Hall–Kier alpha value is -1.46. The molecule has 1 aliphatic heterocycles. The van der Waals surface area contributed by atoms with Gasteiger partial charge >= 0.3 is 5.97 Å². The lowest BCUT2D eigenvalue weighted by atomic mass is 9.84. The fraction of sp³-hybridized carbons (Fsp3) is 0.471. The molecule has 1 aromatic carbocycles. The summed E-state index contributed by atoms with van der Waals surface area (Å²) in [6.45, 7) is 9.50. The quantitative estimate of drug-likeness (QED) is 0.607. The molecule has 1 heterocycles. The van der Waals surface area contributed by atoms with Crippen LogP contribution in [0, 0.1) is 5.41 Å². The Morgan fingerprint density at radius 2 is 1.87 bits per heavy atom. The molecule has 0 aromatic heterocycles. The summed E-state index contributed by atoms with van der Waals surface area (Å²) in [6, 6.07) is 7.44. The minimum atomic E-state index is -0.531. The van der Waals surface area contributed by atoms with E-state index in [4.69, 9.17) is 28.6 Å². The zero-order chi connectivity index (χ0) is 17.4. The lowest BCUT2D eigenvalue weighted by Crippen LogP contribution is -2.37. The minimum Gasteiger partial charge on any atom is -0.459 e. The van der Waals surface area contributed by atoms with Crippen molar-refractivity contribution in [3.05, 3.63) is 34.9 Å². The molecule has 0 spiro atoms. The number of hydrogen-bond donors (Lipinski definition) is 0. The molecule has 4 nitrogen and oxygen atoms in total. The van der Waals surface area contributed by atoms with Gasteiger partial charge in [0.2, 0.25) is 0 Å². The van der Waals surface area contributed by atoms with Crippen molar-refractivity contribution < 1.29 is 9.53 Å². The van der Waals surface area contributed by atoms with E-state index in [9.17, 15) is 4.79 Å². The van der Waals surface area contributed by atoms with Gasteiger partial charge in [0.1, 0.15) is 17.1 Å². The van der Waals surface area contributed by atoms with Crippen molar-refractivity contribution in [2.24, 2.45) is 10.5 Å². The fourth-order valence-electron chi connectivity index (χ4n) is 2.34. The van der Waals surface area contributed by atoms with Crippen LogP contribution in [0.5, 0.6) is 0 Å². The number of hydrogen-bond acceptors (Lipinski definition) is 4. The van der Waals surface area contributed by atoms with Crippen molar-refractivity contribution in [3.63, 3.8) is 0 Å². The van der Waals surface area contributed by atoms with Crippen molar-refractivity contribution in [1.29, 1.82) is 0 Å². The molecule has 0 radical (unpaired) electrons. The largest absolute Gasteiger partial charge is 0.459 e. The third-order valence-corrected chi connectivity index (χ3v) is 4.37. The van der Waals surface area contributed by atoms with E-state index in [1.807, 2.05) is 58.9 Å². The van der Waals surface area contributed by atoms with E-state index in [0.29, 0.717) is 10.0 Å². The van der Waals surface area contributed by atoms with Gasteiger partial charge in [-0.3, -0.25) is 4.79 Å². The predicted molar refractivity (Wildman–Crippen MR) is 96.9 cm³/mol. The molecule has 0 amide bonds. The number of ether oxygens (including phenoxy) is 1. The Bertz CT molecular complexity index is 660. The van der Waals surface area contributed by atoms with Gasteiger partial charge in [-0.15, -0.1) is 0 Å². The highest BCUT2D eigenvalue weighted by atomic mass is 35.5. The number of halogens is 1. The van der Waals surface area contributed by atoms with Crippen LogP contribution in [0.15, 0.2) is 29.4 Å². The molecule has 23 heavy (non-hydrogen) atoms. The van der Waals surface area contributed by atoms with Crippen molar-refractivity contribution in [2.45, 2.75) is 40.2 Å². The average molecular weight is 353 g/mol. The van der Waals surface area contributed by atoms with Gasteiger partial charge in [0.05, 0.1) is 11.1 Å². The maximum atomic E-state index is 12.0. The molecule has 0 atom stereocenters. The van der Waals surface area contributed by atoms with E-state index in [-0.39, 0.29) is 12.5 Å². The number of carbonyl (C=O) groups is 1. The summed E-state index contributed by atoms with van der Waals surface area (Å²) in [5.74, 6) is -0.350. The predicted octanol–water partition coefficient (Wildman–Crippen LogP) is 4.06. The van der Waals surface area contributed by atoms with Crippen LogP contribution in [0.2, 0.25) is 5.02 Å². The lowest BCUT2D eigenvalue weighted by Gasteiger charge is -2.24. The second-order valence-corrected chi connectivity index (χ2v) is 7.85. The maximum Gasteiger partial charge on any atom is 0.328 e. The number of nitrogens with zero attached hydrogens (tertiary/aromatic N) is 2. The van der Waals surface area contributed by atoms with E-state index in [2.05, 4.69) is 5.10 Å². The van der Waals surface area contributed by atoms with E-state index in [1.54, 1.807) is 5.01 Å². The first-order chi connectivity index (χ1) is 10.5. The molecular weight excluding hydrogens is 332 g/mol. The maximum absolute atomic E-state index is 12.0. The highest BCUT2D eigenvalue weighted by Crippen LogP contribution is 2.33. The van der Waals surface area contributed by atoms with Crippen molar-refractivity contribution >= 4 is 40.5 Å². The molecule has 0 fully saturated rings. The molecule has 0 bridgehead atoms. The molecular formula is C17H21ClN2O2S. The standard InChI is InChI=1S/C17H21ClN2O2S/c1-16(2,3)22-13(21)10-20-15(23)17(4,5)14(19-20)11-6-8-12(18)9-7-11/h6-9H,10H2,1-5H3. The van der Waals surface area contributed by atoms with Crippen molar-refractivity contribution in [2.75, 3.05) is 6.54 Å². The number of rotatable bonds is 3. The Morgan fingerprint density at radius 1 is 1.30 bits per heavy atom. The highest BCUT2D eigenvalue weighted by Gasteiger charge is 2.41. The van der Waals surface area contributed by atoms with Crippen molar-refractivity contribution in [3.8, 4) is 0 Å². The monoisotopic (exact) mass is 352 g/mol. The number of thiocarbonyl (C=S) groups is 1. The van der Waals surface area contributed by atoms with Crippen LogP contribution in [0.4, 0.5) is 0 Å². The summed E-state index contributed by atoms with van der Waals surface area (Å²) in [5.41, 5.74) is 0.790. The van der Waals surface area contributed by atoms with E-state index in [0.717, 1.165) is 11.3 Å². The van der Waals surface area contributed by atoms with E-state index < -0.39 is 11.0 Å². The van der Waals surface area contributed by atoms with Gasteiger partial charge in [-0.25, -0.2) is 5.01 Å². The zero-order valence-corrected chi connectivity index (χ0v) is 15.6. The smallest absolute Gasteiger partial charge is 0.328 e. The van der Waals surface area contributed by atoms with Crippen LogP contribution in [0.1, 0.15) is 40.2 Å². The number of carbonyl (C=O) groups excluding carboxylic acids is 1. The van der Waals surface area contributed by atoms with Crippen LogP contribution in [-0.2, 0) is 9.53 Å². The van der Waals surface area contributed by atoms with Gasteiger partial charge in [-0.2, -0.15) is 5.10 Å². The van der Waals surface area contributed by atoms with E-state index in [1.165, 1.54) is 0 Å². The molecule has 0 aliphatic carbocycles. The van der Waals surface area contributed by atoms with Crippen LogP contribution in [-0.4, -0.2) is 33.8 Å². The van der Waals surface area contributed by atoms with Crippen LogP contribution in [0.3, 0.4) is 0 Å². The fourth-order valence-corrected chi connectivity index (χ4v) is 2.67. The summed E-state index contributed by atoms with van der Waals surface area (Å²) < 4.78 is 5.35. The second-order valence-electron chi connectivity index (χ2n) is 7.03. The Morgan fingerprint density at radius 3 is 2.39 bits per heavy atom. The zero-order valence-electron chi connectivity index (χ0n) is 14.0. The number of benzene rings is 1. The third kappa shape index (κ3) is 4.09. The molecule has 0 saturated carbocycles. The van der Waals surface area contributed by atoms with Crippen LogP contribution >= 0.6 is 23.8 Å². The SMILES string of the molecule is CC(C)(C)OC(=O)CN1N=C(c2ccc(Cl)cc2)C(C)(C)C1=S. The first kappa shape index (κ1) is 17.9. The van der Waals surface area contributed by atoms with Crippen LogP contribution < -0.4 is 0 Å². The number of esters is 1. The van der Waals surface area contributed by atoms with Gasteiger partial charge in [-0.05, 0) is 52.3 Å². The normalized spacial score (nSPS) is 17.2. The number of hydrazone groups is 1. The second kappa shape index (κ2) is 6.21. The highest BCUT2D eigenvalue weighted by molar-refractivity contribution is 7.80. The van der Waals surface area contributed by atoms with Crippen molar-refractivity contribution in [1.82, 2.24) is 5.01 Å². The molecule has 1 aliphatic rings. The van der Waals surface area contributed by atoms with Gasteiger partial charge in [-0.1, -0.05) is 36.0 Å². The van der Waals surface area contributed by atoms with Gasteiger partial charge < -0.3 is 4.74 Å². The minimum absolute atomic E-state index is 0.0105. The third-order valence-electron chi connectivity index (χ3n) is 3.40. The molecule has 124 valence electrons. The van der Waals surface area contributed by atoms with Gasteiger partial charge in [0.25, 0.3) is 0 Å². The molecule has 6 heteroatoms. The van der Waals surface area contributed by atoms with Gasteiger partial charge in [0, 0.05) is 5.02 Å². The Balaban J connectivity index is 2.24. The summed E-state index contributed by atoms with van der Waals surface area (Å²) >= 11 is 11.5. The molecule has 0 saturated heterocycles. The summed E-state index contributed by atoms with van der Waals surface area (Å²) in [5, 5.41) is 6.77. The topological polar surface area (TPSA) is 41.9 Å². The summed E-state index contributed by atoms with van der Waals surface area (Å²) in [6.07, 6.45) is 0. The molecule has 2 rings (SSSR count). The van der Waals surface area contributed by atoms with E-state index >= 15 is 0 Å². The lowest BCUT2D eigenvalue weighted by molar-refractivity contribution is -0.155. The molecule has 0 N–H and O–H groups in total. The first-order valence-corrected chi connectivity index (χ1v) is 8.18. The average Bonchev–Trinajstić information content (AvgIpc) is 2.61. The molecule has 0 unspecified atom stereocenters. The Kier molecular flexibility index (Phi) is 4.83.